The van der Waals surface area contributed by atoms with Crippen LogP contribution in [-0.4, -0.2) is 25.5 Å². The Kier molecular flexibility index (Phi) is 4.07. The molecule has 4 rings (SSSR count). The largest absolute Gasteiger partial charge is 0.356 e. The Balaban J connectivity index is 1.41. The monoisotopic (exact) mass is 278 g/mol. The van der Waals surface area contributed by atoms with Gasteiger partial charge in [-0.25, -0.2) is 0 Å². The molecule has 3 aliphatic carbocycles. The van der Waals surface area contributed by atoms with Crippen LogP contribution in [0.5, 0.6) is 0 Å². The highest BCUT2D eigenvalue weighted by molar-refractivity contribution is 5.76. The normalized spacial score (nSPS) is 36.2. The second-order valence-electron chi connectivity index (χ2n) is 7.90. The molecular formula is C17H30N2O. The van der Waals surface area contributed by atoms with E-state index >= 15 is 0 Å². The number of carbonyl (C=O) groups is 1. The molecule has 0 aromatic rings. The molecule has 1 heterocycles. The summed E-state index contributed by atoms with van der Waals surface area (Å²) in [5, 5.41) is 6.59. The summed E-state index contributed by atoms with van der Waals surface area (Å²) in [5.41, 5.74) is 0.530. The molecule has 0 aromatic carbocycles. The van der Waals surface area contributed by atoms with Crippen molar-refractivity contribution in [3.63, 3.8) is 0 Å². The highest BCUT2D eigenvalue weighted by Gasteiger charge is 2.53. The maximum atomic E-state index is 12.1. The molecule has 0 unspecified atom stereocenters. The predicted molar refractivity (Wildman–Crippen MR) is 81.3 cm³/mol. The Hall–Kier alpha value is -0.570. The smallest absolute Gasteiger partial charge is 0.220 e. The van der Waals surface area contributed by atoms with Crippen LogP contribution in [0.4, 0.5) is 0 Å². The maximum Gasteiger partial charge on any atom is 0.220 e. The lowest BCUT2D eigenvalue weighted by molar-refractivity contribution is -0.125. The molecule has 4 aliphatic rings. The number of hydrogen-bond acceptors (Lipinski definition) is 2. The lowest BCUT2D eigenvalue weighted by Crippen LogP contribution is -2.54. The summed E-state index contributed by atoms with van der Waals surface area (Å²) in [6, 6.07) is 0. The van der Waals surface area contributed by atoms with E-state index in [1.807, 2.05) is 0 Å². The van der Waals surface area contributed by atoms with Gasteiger partial charge in [-0.15, -0.1) is 0 Å². The summed E-state index contributed by atoms with van der Waals surface area (Å²) in [4.78, 5) is 12.1. The SMILES string of the molecule is CC1(C)[C@@H]2CC[C@H](CNC(=O)CC3CCNCC3)[C@H]1C2. The summed E-state index contributed by atoms with van der Waals surface area (Å²) in [7, 11) is 0. The van der Waals surface area contributed by atoms with Crippen LogP contribution in [0.1, 0.15) is 52.4 Å². The third kappa shape index (κ3) is 2.74. The van der Waals surface area contributed by atoms with Gasteiger partial charge in [0.15, 0.2) is 0 Å². The second-order valence-corrected chi connectivity index (χ2v) is 7.90. The molecule has 0 aromatic heterocycles. The minimum Gasteiger partial charge on any atom is -0.356 e. The van der Waals surface area contributed by atoms with Crippen molar-refractivity contribution in [1.29, 1.82) is 0 Å². The van der Waals surface area contributed by atoms with Crippen LogP contribution in [0.25, 0.3) is 0 Å². The first-order chi connectivity index (χ1) is 9.57. The standard InChI is InChI=1S/C17H30N2O/c1-17(2)14-4-3-13(15(17)10-14)11-19-16(20)9-12-5-7-18-8-6-12/h12-15,18H,3-11H2,1-2H3,(H,19,20)/t13-,14-,15-/m1/s1. The van der Waals surface area contributed by atoms with Crippen molar-refractivity contribution in [2.24, 2.45) is 29.1 Å². The Morgan fingerprint density at radius 2 is 1.95 bits per heavy atom. The van der Waals surface area contributed by atoms with Gasteiger partial charge >= 0.3 is 0 Å². The molecule has 3 heteroatoms. The number of fused-ring (bicyclic) bond motifs is 2. The number of nitrogens with one attached hydrogen (secondary N) is 2. The number of carbonyl (C=O) groups excluding carboxylic acids is 1. The van der Waals surface area contributed by atoms with Crippen molar-refractivity contribution in [3.8, 4) is 0 Å². The van der Waals surface area contributed by atoms with E-state index in [1.54, 1.807) is 0 Å². The van der Waals surface area contributed by atoms with Crippen molar-refractivity contribution >= 4 is 5.91 Å². The van der Waals surface area contributed by atoms with Crippen LogP contribution in [0.3, 0.4) is 0 Å². The van der Waals surface area contributed by atoms with Gasteiger partial charge in [-0.05, 0) is 74.3 Å². The third-order valence-corrected chi connectivity index (χ3v) is 6.50. The fourth-order valence-corrected chi connectivity index (χ4v) is 4.87. The van der Waals surface area contributed by atoms with E-state index in [4.69, 9.17) is 0 Å². The summed E-state index contributed by atoms with van der Waals surface area (Å²) < 4.78 is 0. The van der Waals surface area contributed by atoms with Gasteiger partial charge in [0.05, 0.1) is 0 Å². The highest BCUT2D eigenvalue weighted by atomic mass is 16.1. The summed E-state index contributed by atoms with van der Waals surface area (Å²) in [6.07, 6.45) is 7.17. The first kappa shape index (κ1) is 14.4. The van der Waals surface area contributed by atoms with Gasteiger partial charge in [0.1, 0.15) is 0 Å². The molecule has 0 radical (unpaired) electrons. The van der Waals surface area contributed by atoms with Crippen LogP contribution < -0.4 is 10.6 Å². The number of rotatable bonds is 4. The van der Waals surface area contributed by atoms with E-state index in [0.29, 0.717) is 11.3 Å². The van der Waals surface area contributed by atoms with Gasteiger partial charge in [0.2, 0.25) is 5.91 Å². The zero-order chi connectivity index (χ0) is 14.2. The van der Waals surface area contributed by atoms with Crippen molar-refractivity contribution in [2.75, 3.05) is 19.6 Å². The Morgan fingerprint density at radius 3 is 2.60 bits per heavy atom. The Bertz CT molecular complexity index is 358. The molecule has 3 nitrogen and oxygen atoms in total. The average Bonchev–Trinajstić information content (AvgIpc) is 2.46. The molecule has 1 saturated heterocycles. The molecular weight excluding hydrogens is 248 g/mol. The van der Waals surface area contributed by atoms with Crippen molar-refractivity contribution in [2.45, 2.75) is 52.4 Å². The first-order valence-corrected chi connectivity index (χ1v) is 8.55. The van der Waals surface area contributed by atoms with E-state index in [-0.39, 0.29) is 5.91 Å². The fourth-order valence-electron chi connectivity index (χ4n) is 4.87. The maximum absolute atomic E-state index is 12.1. The van der Waals surface area contributed by atoms with Crippen LogP contribution in [0.15, 0.2) is 0 Å². The Morgan fingerprint density at radius 1 is 1.20 bits per heavy atom. The highest BCUT2D eigenvalue weighted by Crippen LogP contribution is 2.61. The molecule has 3 atom stereocenters. The van der Waals surface area contributed by atoms with Crippen LogP contribution in [0.2, 0.25) is 0 Å². The van der Waals surface area contributed by atoms with Gasteiger partial charge in [-0.3, -0.25) is 4.79 Å². The number of piperidine rings is 1. The molecule has 114 valence electrons. The summed E-state index contributed by atoms with van der Waals surface area (Å²) in [6.45, 7) is 7.94. The van der Waals surface area contributed by atoms with Crippen molar-refractivity contribution in [1.82, 2.24) is 10.6 Å². The topological polar surface area (TPSA) is 41.1 Å². The Labute approximate surface area is 123 Å². The molecule has 3 saturated carbocycles. The molecule has 1 aliphatic heterocycles. The quantitative estimate of drug-likeness (QED) is 0.830. The average molecular weight is 278 g/mol. The second kappa shape index (κ2) is 5.67. The van der Waals surface area contributed by atoms with Crippen LogP contribution in [-0.2, 0) is 4.79 Å². The van der Waals surface area contributed by atoms with Crippen LogP contribution >= 0.6 is 0 Å². The van der Waals surface area contributed by atoms with Crippen LogP contribution in [0, 0.1) is 29.1 Å². The summed E-state index contributed by atoms with van der Waals surface area (Å²) in [5.74, 6) is 3.42. The van der Waals surface area contributed by atoms with E-state index < -0.39 is 0 Å². The lowest BCUT2D eigenvalue weighted by Gasteiger charge is -2.60. The molecule has 2 N–H and O–H groups in total. The number of hydrogen-bond donors (Lipinski definition) is 2. The van der Waals surface area contributed by atoms with E-state index in [1.165, 1.54) is 19.3 Å². The minimum atomic E-state index is 0.288. The predicted octanol–water partition coefficient (Wildman–Crippen LogP) is 2.56. The first-order valence-electron chi connectivity index (χ1n) is 8.55. The number of amides is 1. The van der Waals surface area contributed by atoms with Gasteiger partial charge in [0.25, 0.3) is 0 Å². The lowest BCUT2D eigenvalue weighted by atomic mass is 9.45. The molecule has 20 heavy (non-hydrogen) atoms. The van der Waals surface area contributed by atoms with E-state index in [2.05, 4.69) is 24.5 Å². The summed E-state index contributed by atoms with van der Waals surface area (Å²) >= 11 is 0. The van der Waals surface area contributed by atoms with Gasteiger partial charge < -0.3 is 10.6 Å². The molecule has 2 bridgehead atoms. The van der Waals surface area contributed by atoms with Gasteiger partial charge in [-0.2, -0.15) is 0 Å². The van der Waals surface area contributed by atoms with E-state index in [0.717, 1.165) is 56.7 Å². The van der Waals surface area contributed by atoms with E-state index in [9.17, 15) is 4.79 Å². The zero-order valence-electron chi connectivity index (χ0n) is 13.1. The van der Waals surface area contributed by atoms with Gasteiger partial charge in [-0.1, -0.05) is 13.8 Å². The van der Waals surface area contributed by atoms with Gasteiger partial charge in [0, 0.05) is 13.0 Å². The molecule has 4 fully saturated rings. The minimum absolute atomic E-state index is 0.288. The fraction of sp³-hybridized carbons (Fsp3) is 0.941. The van der Waals surface area contributed by atoms with Crippen molar-refractivity contribution in [3.05, 3.63) is 0 Å². The van der Waals surface area contributed by atoms with Crippen molar-refractivity contribution < 1.29 is 4.79 Å². The molecule has 1 amide bonds. The third-order valence-electron chi connectivity index (χ3n) is 6.50. The zero-order valence-corrected chi connectivity index (χ0v) is 13.1. The molecule has 0 spiro atoms.